The average molecular weight is 306 g/mol. The summed E-state index contributed by atoms with van der Waals surface area (Å²) < 4.78 is 13.2. The van der Waals surface area contributed by atoms with Crippen LogP contribution in [0.2, 0.25) is 0 Å². The molecule has 0 saturated carbocycles. The summed E-state index contributed by atoms with van der Waals surface area (Å²) in [5.41, 5.74) is 5.83. The first-order chi connectivity index (χ1) is 9.88. The van der Waals surface area contributed by atoms with Crippen LogP contribution in [0.4, 0.5) is 10.1 Å². The molecule has 21 heavy (non-hydrogen) atoms. The molecule has 0 aliphatic carbocycles. The molecule has 0 unspecified atom stereocenters. The number of carbonyl (C=O) groups is 1. The van der Waals surface area contributed by atoms with Crippen molar-refractivity contribution in [3.8, 4) is 11.5 Å². The fraction of sp³-hybridized carbons (Fsp3) is 0. The first-order valence-corrected chi connectivity index (χ1v) is 6.22. The van der Waals surface area contributed by atoms with Gasteiger partial charge in [-0.25, -0.2) is 4.39 Å². The van der Waals surface area contributed by atoms with Crippen LogP contribution in [0, 0.1) is 5.82 Å². The van der Waals surface area contributed by atoms with Gasteiger partial charge in [0.1, 0.15) is 22.3 Å². The predicted octanol–water partition coefficient (Wildman–Crippen LogP) is 2.12. The molecule has 2 aromatic rings. The molecule has 0 fully saturated rings. The molecule has 0 aliphatic heterocycles. The normalized spacial score (nSPS) is 10.1. The van der Waals surface area contributed by atoms with Crippen LogP contribution in [0.15, 0.2) is 36.4 Å². The number of hydrogen-bond acceptors (Lipinski definition) is 4. The molecule has 2 rings (SSSR count). The van der Waals surface area contributed by atoms with Crippen LogP contribution in [0.5, 0.6) is 11.5 Å². The van der Waals surface area contributed by atoms with Gasteiger partial charge in [-0.2, -0.15) is 0 Å². The number of anilines is 1. The highest BCUT2D eigenvalue weighted by atomic mass is 32.1. The van der Waals surface area contributed by atoms with Crippen LogP contribution >= 0.6 is 12.2 Å². The fourth-order valence-electron chi connectivity index (χ4n) is 1.73. The fourth-order valence-corrected chi connectivity index (χ4v) is 1.90. The highest BCUT2D eigenvalue weighted by Crippen LogP contribution is 2.24. The summed E-state index contributed by atoms with van der Waals surface area (Å²) in [6.45, 7) is 0. The molecule has 108 valence electrons. The molecule has 0 radical (unpaired) electrons. The first-order valence-electron chi connectivity index (χ1n) is 5.81. The number of hydrogen-bond donors (Lipinski definition) is 4. The Morgan fingerprint density at radius 3 is 2.48 bits per heavy atom. The van der Waals surface area contributed by atoms with E-state index in [1.165, 1.54) is 18.2 Å². The van der Waals surface area contributed by atoms with Gasteiger partial charge in [-0.05, 0) is 30.3 Å². The summed E-state index contributed by atoms with van der Waals surface area (Å²) in [5.74, 6) is -1.74. The standard InChI is InChI=1S/C14H11FN2O3S/c15-7-1-4-11(10(5-7)13(16)21)17-14(20)9-3-2-8(18)6-12(9)19/h1-6,18-19H,(H2,16,21)(H,17,20). The number of thiocarbonyl (C=S) groups is 1. The highest BCUT2D eigenvalue weighted by Gasteiger charge is 2.15. The lowest BCUT2D eigenvalue weighted by Crippen LogP contribution is -2.18. The minimum Gasteiger partial charge on any atom is -0.508 e. The van der Waals surface area contributed by atoms with Crippen LogP contribution in [-0.4, -0.2) is 21.1 Å². The van der Waals surface area contributed by atoms with E-state index in [0.717, 1.165) is 18.2 Å². The van der Waals surface area contributed by atoms with Gasteiger partial charge < -0.3 is 21.3 Å². The molecule has 0 spiro atoms. The number of nitrogens with one attached hydrogen (secondary N) is 1. The quantitative estimate of drug-likeness (QED) is 0.652. The number of phenols is 2. The number of rotatable bonds is 3. The zero-order valence-electron chi connectivity index (χ0n) is 10.6. The lowest BCUT2D eigenvalue weighted by atomic mass is 10.1. The molecular formula is C14H11FN2O3S. The van der Waals surface area contributed by atoms with Crippen molar-refractivity contribution in [2.24, 2.45) is 5.73 Å². The number of phenolic OH excluding ortho intramolecular Hbond substituents is 2. The summed E-state index contributed by atoms with van der Waals surface area (Å²) in [5, 5.41) is 21.3. The Labute approximate surface area is 124 Å². The minimum atomic E-state index is -0.642. The van der Waals surface area contributed by atoms with E-state index in [4.69, 9.17) is 18.0 Å². The van der Waals surface area contributed by atoms with Crippen LogP contribution in [0.3, 0.4) is 0 Å². The number of halogens is 1. The molecule has 0 atom stereocenters. The molecule has 7 heteroatoms. The maximum absolute atomic E-state index is 13.2. The number of aromatic hydroxyl groups is 2. The highest BCUT2D eigenvalue weighted by molar-refractivity contribution is 7.80. The van der Waals surface area contributed by atoms with Crippen molar-refractivity contribution < 1.29 is 19.4 Å². The van der Waals surface area contributed by atoms with Crippen molar-refractivity contribution in [1.29, 1.82) is 0 Å². The third-order valence-corrected chi connectivity index (χ3v) is 2.94. The van der Waals surface area contributed by atoms with E-state index < -0.39 is 11.7 Å². The number of amides is 1. The second kappa shape index (κ2) is 5.76. The molecular weight excluding hydrogens is 295 g/mol. The molecule has 1 amide bonds. The van der Waals surface area contributed by atoms with Gasteiger partial charge in [-0.3, -0.25) is 4.79 Å². The predicted molar refractivity (Wildman–Crippen MR) is 80.0 cm³/mol. The Bertz CT molecular complexity index is 734. The zero-order valence-corrected chi connectivity index (χ0v) is 11.4. The zero-order chi connectivity index (χ0) is 15.6. The van der Waals surface area contributed by atoms with Gasteiger partial charge in [0.15, 0.2) is 0 Å². The molecule has 0 heterocycles. The Hall–Kier alpha value is -2.67. The van der Waals surface area contributed by atoms with Gasteiger partial charge in [0, 0.05) is 11.6 Å². The van der Waals surface area contributed by atoms with E-state index in [1.807, 2.05) is 0 Å². The summed E-state index contributed by atoms with van der Waals surface area (Å²) in [7, 11) is 0. The SMILES string of the molecule is NC(=S)c1cc(F)ccc1NC(=O)c1ccc(O)cc1O. The summed E-state index contributed by atoms with van der Waals surface area (Å²) >= 11 is 4.80. The Morgan fingerprint density at radius 2 is 1.86 bits per heavy atom. The molecule has 0 saturated heterocycles. The second-order valence-electron chi connectivity index (χ2n) is 4.21. The maximum Gasteiger partial charge on any atom is 0.259 e. The third kappa shape index (κ3) is 3.26. The maximum atomic E-state index is 13.2. The van der Waals surface area contributed by atoms with E-state index in [0.29, 0.717) is 0 Å². The van der Waals surface area contributed by atoms with Gasteiger partial charge in [0.2, 0.25) is 0 Å². The van der Waals surface area contributed by atoms with Crippen molar-refractivity contribution >= 4 is 28.8 Å². The monoisotopic (exact) mass is 306 g/mol. The molecule has 5 N–H and O–H groups in total. The Kier molecular flexibility index (Phi) is 4.04. The smallest absolute Gasteiger partial charge is 0.259 e. The summed E-state index contributed by atoms with van der Waals surface area (Å²) in [6, 6.07) is 7.12. The first kappa shape index (κ1) is 14.7. The van der Waals surface area contributed by atoms with E-state index >= 15 is 0 Å². The van der Waals surface area contributed by atoms with E-state index in [2.05, 4.69) is 5.32 Å². The Balaban J connectivity index is 2.34. The van der Waals surface area contributed by atoms with E-state index in [1.54, 1.807) is 0 Å². The molecule has 5 nitrogen and oxygen atoms in total. The van der Waals surface area contributed by atoms with E-state index in [9.17, 15) is 19.4 Å². The van der Waals surface area contributed by atoms with Crippen molar-refractivity contribution in [3.63, 3.8) is 0 Å². The number of benzene rings is 2. The largest absolute Gasteiger partial charge is 0.508 e. The minimum absolute atomic E-state index is 0.0500. The van der Waals surface area contributed by atoms with Crippen LogP contribution in [0.1, 0.15) is 15.9 Å². The lowest BCUT2D eigenvalue weighted by molar-refractivity contribution is 0.102. The van der Waals surface area contributed by atoms with Crippen LogP contribution in [0.25, 0.3) is 0 Å². The van der Waals surface area contributed by atoms with Crippen molar-refractivity contribution in [2.75, 3.05) is 5.32 Å². The van der Waals surface area contributed by atoms with Gasteiger partial charge >= 0.3 is 0 Å². The number of nitrogens with two attached hydrogens (primary N) is 1. The van der Waals surface area contributed by atoms with E-state index in [-0.39, 0.29) is 33.3 Å². The Morgan fingerprint density at radius 1 is 1.14 bits per heavy atom. The van der Waals surface area contributed by atoms with Crippen molar-refractivity contribution in [1.82, 2.24) is 0 Å². The summed E-state index contributed by atoms with van der Waals surface area (Å²) in [6.07, 6.45) is 0. The van der Waals surface area contributed by atoms with Crippen molar-refractivity contribution in [3.05, 3.63) is 53.3 Å². The lowest BCUT2D eigenvalue weighted by Gasteiger charge is -2.11. The molecule has 2 aromatic carbocycles. The van der Waals surface area contributed by atoms with Crippen LogP contribution < -0.4 is 11.1 Å². The summed E-state index contributed by atoms with van der Waals surface area (Å²) in [4.78, 5) is 12.0. The number of carbonyl (C=O) groups excluding carboxylic acids is 1. The van der Waals surface area contributed by atoms with Crippen LogP contribution in [-0.2, 0) is 0 Å². The average Bonchev–Trinajstić information content (AvgIpc) is 2.40. The van der Waals surface area contributed by atoms with Gasteiger partial charge in [-0.1, -0.05) is 12.2 Å². The van der Waals surface area contributed by atoms with Gasteiger partial charge in [-0.15, -0.1) is 0 Å². The molecule has 0 bridgehead atoms. The second-order valence-corrected chi connectivity index (χ2v) is 4.65. The van der Waals surface area contributed by atoms with Gasteiger partial charge in [0.05, 0.1) is 11.3 Å². The topological polar surface area (TPSA) is 95.6 Å². The molecule has 0 aromatic heterocycles. The van der Waals surface area contributed by atoms with Crippen molar-refractivity contribution in [2.45, 2.75) is 0 Å². The third-order valence-electron chi connectivity index (χ3n) is 2.72. The molecule has 0 aliphatic rings. The van der Waals surface area contributed by atoms with Gasteiger partial charge in [0.25, 0.3) is 5.91 Å².